The van der Waals surface area contributed by atoms with Crippen molar-refractivity contribution in [1.82, 2.24) is 9.88 Å². The Hall–Kier alpha value is -2.65. The van der Waals surface area contributed by atoms with Crippen LogP contribution in [0.5, 0.6) is 5.75 Å². The van der Waals surface area contributed by atoms with Crippen LogP contribution in [0.15, 0.2) is 35.2 Å². The van der Waals surface area contributed by atoms with Crippen LogP contribution in [0.3, 0.4) is 0 Å². The smallest absolute Gasteiger partial charge is 0.413 e. The normalized spacial score (nSPS) is 22.1. The number of amides is 1. The first kappa shape index (κ1) is 20.1. The average Bonchev–Trinajstić information content (AvgIpc) is 3.27. The van der Waals surface area contributed by atoms with E-state index in [0.29, 0.717) is 17.0 Å². The molecule has 2 heterocycles. The van der Waals surface area contributed by atoms with E-state index in [0.717, 1.165) is 0 Å². The first-order valence-corrected chi connectivity index (χ1v) is 9.57. The summed E-state index contributed by atoms with van der Waals surface area (Å²) in [5.41, 5.74) is 1.88. The molecule has 1 fully saturated rings. The summed E-state index contributed by atoms with van der Waals surface area (Å²) in [4.78, 5) is 30.4. The second kappa shape index (κ2) is 7.76. The summed E-state index contributed by atoms with van der Waals surface area (Å²) in [5.74, 6) is -0.543. The molecule has 1 aliphatic heterocycles. The van der Waals surface area contributed by atoms with Crippen molar-refractivity contribution in [2.24, 2.45) is 0 Å². The van der Waals surface area contributed by atoms with Gasteiger partial charge in [0.25, 0.3) is 0 Å². The maximum atomic E-state index is 13.0. The van der Waals surface area contributed by atoms with Gasteiger partial charge in [-0.15, -0.1) is 11.3 Å². The van der Waals surface area contributed by atoms with Gasteiger partial charge < -0.3 is 19.3 Å². The summed E-state index contributed by atoms with van der Waals surface area (Å²) in [6.07, 6.45) is -2.88. The van der Waals surface area contributed by atoms with E-state index in [4.69, 9.17) is 14.2 Å². The minimum absolute atomic E-state index is 0.444. The Morgan fingerprint density at radius 2 is 1.93 bits per heavy atom. The molecule has 0 saturated carbocycles. The molecule has 8 nitrogen and oxygen atoms in total. The average molecular weight is 406 g/mol. The van der Waals surface area contributed by atoms with E-state index in [-0.39, 0.29) is 0 Å². The quantitative estimate of drug-likeness (QED) is 0.828. The molecule has 9 heteroatoms. The van der Waals surface area contributed by atoms with Gasteiger partial charge in [-0.1, -0.05) is 12.1 Å². The van der Waals surface area contributed by atoms with Crippen LogP contribution in [-0.4, -0.2) is 45.9 Å². The number of carboxylic acid groups (broad SMARTS) is 1. The number of carbonyl (C=O) groups excluding carboxylic acids is 1. The first-order valence-electron chi connectivity index (χ1n) is 8.63. The lowest BCUT2D eigenvalue weighted by molar-refractivity contribution is -0.150. The summed E-state index contributed by atoms with van der Waals surface area (Å²) < 4.78 is 16.5. The van der Waals surface area contributed by atoms with Gasteiger partial charge in [0.05, 0.1) is 18.3 Å². The number of ether oxygens (including phenoxy) is 3. The number of methoxy groups -OCH3 is 1. The van der Waals surface area contributed by atoms with E-state index in [1.54, 1.807) is 63.0 Å². The number of hydrogen-bond donors (Lipinski definition) is 1. The summed E-state index contributed by atoms with van der Waals surface area (Å²) in [6.45, 7) is 5.24. The lowest BCUT2D eigenvalue weighted by atomic mass is 10.1. The molecule has 3 rings (SSSR count). The van der Waals surface area contributed by atoms with Gasteiger partial charge in [-0.2, -0.15) is 0 Å². The summed E-state index contributed by atoms with van der Waals surface area (Å²) in [6, 6.07) is 5.98. The van der Waals surface area contributed by atoms with Crippen molar-refractivity contribution < 1.29 is 28.9 Å². The van der Waals surface area contributed by atoms with Crippen molar-refractivity contribution in [3.8, 4) is 5.75 Å². The number of thiazole rings is 1. The van der Waals surface area contributed by atoms with Gasteiger partial charge in [0.1, 0.15) is 17.4 Å². The fourth-order valence-electron chi connectivity index (χ4n) is 2.96. The van der Waals surface area contributed by atoms with Crippen LogP contribution in [-0.2, 0) is 14.3 Å². The number of carbonyl (C=O) groups is 2. The van der Waals surface area contributed by atoms with Crippen molar-refractivity contribution in [3.63, 3.8) is 0 Å². The highest BCUT2D eigenvalue weighted by molar-refractivity contribution is 7.07. The third-order valence-corrected chi connectivity index (χ3v) is 4.72. The van der Waals surface area contributed by atoms with E-state index in [1.807, 2.05) is 0 Å². The van der Waals surface area contributed by atoms with Crippen LogP contribution < -0.4 is 4.74 Å². The minimum Gasteiger partial charge on any atom is -0.497 e. The van der Waals surface area contributed by atoms with E-state index in [2.05, 4.69) is 4.98 Å². The molecule has 1 saturated heterocycles. The zero-order valence-corrected chi connectivity index (χ0v) is 16.8. The van der Waals surface area contributed by atoms with Gasteiger partial charge in [-0.25, -0.2) is 14.6 Å². The third kappa shape index (κ3) is 4.10. The largest absolute Gasteiger partial charge is 0.497 e. The van der Waals surface area contributed by atoms with Gasteiger partial charge >= 0.3 is 12.1 Å². The Kier molecular flexibility index (Phi) is 5.57. The zero-order valence-electron chi connectivity index (χ0n) is 16.0. The molecule has 150 valence electrons. The summed E-state index contributed by atoms with van der Waals surface area (Å²) in [7, 11) is 1.55. The highest BCUT2D eigenvalue weighted by Gasteiger charge is 2.51. The molecule has 0 radical (unpaired) electrons. The number of rotatable bonds is 4. The Morgan fingerprint density at radius 3 is 2.43 bits per heavy atom. The molecule has 1 N–H and O–H groups in total. The predicted octanol–water partition coefficient (Wildman–Crippen LogP) is 3.61. The van der Waals surface area contributed by atoms with Crippen molar-refractivity contribution in [3.05, 3.63) is 46.4 Å². The summed E-state index contributed by atoms with van der Waals surface area (Å²) in [5, 5.41) is 11.4. The van der Waals surface area contributed by atoms with Crippen LogP contribution in [0.1, 0.15) is 44.3 Å². The van der Waals surface area contributed by atoms with Crippen molar-refractivity contribution in [1.29, 1.82) is 0 Å². The van der Waals surface area contributed by atoms with E-state index in [9.17, 15) is 14.7 Å². The number of aromatic nitrogens is 1. The van der Waals surface area contributed by atoms with Crippen LogP contribution in [0.4, 0.5) is 4.79 Å². The van der Waals surface area contributed by atoms with Crippen LogP contribution in [0.2, 0.25) is 0 Å². The molecule has 1 aromatic heterocycles. The number of nitrogens with zero attached hydrogens (tertiary/aromatic N) is 2. The molecule has 1 aliphatic rings. The van der Waals surface area contributed by atoms with Gasteiger partial charge in [-0.3, -0.25) is 4.90 Å². The molecule has 0 bridgehead atoms. The van der Waals surface area contributed by atoms with Gasteiger partial charge in [0, 0.05) is 10.9 Å². The lowest BCUT2D eigenvalue weighted by Crippen LogP contribution is -2.40. The highest BCUT2D eigenvalue weighted by Crippen LogP contribution is 2.44. The van der Waals surface area contributed by atoms with Gasteiger partial charge in [0.2, 0.25) is 0 Å². The number of aliphatic carboxylic acids is 1. The summed E-state index contributed by atoms with van der Waals surface area (Å²) >= 11 is 1.31. The zero-order chi connectivity index (χ0) is 20.5. The molecule has 1 aromatic carbocycles. The van der Waals surface area contributed by atoms with Gasteiger partial charge in [-0.05, 0) is 32.9 Å². The van der Waals surface area contributed by atoms with E-state index >= 15 is 0 Å². The van der Waals surface area contributed by atoms with Crippen molar-refractivity contribution in [2.45, 2.75) is 44.7 Å². The van der Waals surface area contributed by atoms with E-state index in [1.165, 1.54) is 16.2 Å². The number of carboxylic acids is 1. The van der Waals surface area contributed by atoms with Crippen LogP contribution >= 0.6 is 11.3 Å². The molecule has 0 spiro atoms. The first-order chi connectivity index (χ1) is 13.2. The predicted molar refractivity (Wildman–Crippen MR) is 101 cm³/mol. The Bertz CT molecular complexity index is 831. The SMILES string of the molecule is COc1ccc(C2O[C@@H](C(=O)O)[C@H](c3cscn3)N2C(=O)OC(C)(C)C)cc1. The Labute approximate surface area is 166 Å². The van der Waals surface area contributed by atoms with Crippen molar-refractivity contribution >= 4 is 23.4 Å². The molecule has 1 amide bonds. The third-order valence-electron chi connectivity index (χ3n) is 4.12. The molecule has 2 aromatic rings. The maximum absolute atomic E-state index is 13.0. The topological polar surface area (TPSA) is 98.2 Å². The fraction of sp³-hybridized carbons (Fsp3) is 0.421. The number of hydrogen-bond acceptors (Lipinski definition) is 7. The molecular weight excluding hydrogens is 384 g/mol. The molecule has 0 aliphatic carbocycles. The second-order valence-electron chi connectivity index (χ2n) is 7.27. The Balaban J connectivity index is 2.05. The Morgan fingerprint density at radius 1 is 1.25 bits per heavy atom. The minimum atomic E-state index is -1.28. The second-order valence-corrected chi connectivity index (χ2v) is 7.98. The van der Waals surface area contributed by atoms with Gasteiger partial charge in [0.15, 0.2) is 12.3 Å². The highest BCUT2D eigenvalue weighted by atomic mass is 32.1. The van der Waals surface area contributed by atoms with Crippen molar-refractivity contribution in [2.75, 3.05) is 7.11 Å². The molecule has 1 unspecified atom stereocenters. The number of benzene rings is 1. The molecule has 3 atom stereocenters. The standard InChI is InChI=1S/C19H22N2O6S/c1-19(2,3)27-18(24)21-14(13-9-28-10-20-13)15(17(22)23)26-16(21)11-5-7-12(25-4)8-6-11/h5-10,14-16H,1-4H3,(H,22,23)/t14-,15+,16?/m0/s1. The van der Waals surface area contributed by atoms with Crippen LogP contribution in [0.25, 0.3) is 0 Å². The van der Waals surface area contributed by atoms with Crippen LogP contribution in [0, 0.1) is 0 Å². The van der Waals surface area contributed by atoms with E-state index < -0.39 is 36.0 Å². The monoisotopic (exact) mass is 406 g/mol. The maximum Gasteiger partial charge on any atom is 0.413 e. The molecular formula is C19H22N2O6S. The molecule has 28 heavy (non-hydrogen) atoms. The fourth-order valence-corrected chi connectivity index (χ4v) is 3.54. The lowest BCUT2D eigenvalue weighted by Gasteiger charge is -2.30.